The zero-order chi connectivity index (χ0) is 13.8. The van der Waals surface area contributed by atoms with Crippen LogP contribution in [-0.2, 0) is 11.3 Å². The van der Waals surface area contributed by atoms with Crippen molar-refractivity contribution in [3.8, 4) is 0 Å². The van der Waals surface area contributed by atoms with Gasteiger partial charge in [0.2, 0.25) is 5.91 Å². The molecule has 0 saturated heterocycles. The van der Waals surface area contributed by atoms with Crippen molar-refractivity contribution in [3.63, 3.8) is 0 Å². The number of nitrogens with one attached hydrogen (secondary N) is 1. The highest BCUT2D eigenvalue weighted by Crippen LogP contribution is 2.16. The van der Waals surface area contributed by atoms with E-state index in [1.807, 2.05) is 6.92 Å². The van der Waals surface area contributed by atoms with E-state index in [0.717, 1.165) is 6.42 Å². The van der Waals surface area contributed by atoms with E-state index in [9.17, 15) is 9.59 Å². The van der Waals surface area contributed by atoms with Crippen molar-refractivity contribution in [1.29, 1.82) is 0 Å². The largest absolute Gasteiger partial charge is 0.478 e. The minimum absolute atomic E-state index is 0.0409. The summed E-state index contributed by atoms with van der Waals surface area (Å²) in [5, 5.41) is 19.5. The second kappa shape index (κ2) is 5.47. The van der Waals surface area contributed by atoms with Crippen LogP contribution in [0, 0.1) is 0 Å². The number of fused-ring (bicyclic) bond motifs is 1. The number of benzene rings is 1. The van der Waals surface area contributed by atoms with Crippen LogP contribution < -0.4 is 5.32 Å². The van der Waals surface area contributed by atoms with Crippen molar-refractivity contribution in [1.82, 2.24) is 20.3 Å². The molecule has 100 valence electrons. The highest BCUT2D eigenvalue weighted by molar-refractivity contribution is 6.01. The fourth-order valence-corrected chi connectivity index (χ4v) is 1.77. The molecular weight excluding hydrogens is 248 g/mol. The Bertz CT molecular complexity index is 620. The molecule has 0 aliphatic heterocycles. The monoisotopic (exact) mass is 262 g/mol. The number of hydrogen-bond acceptors (Lipinski definition) is 4. The maximum Gasteiger partial charge on any atom is 0.337 e. The summed E-state index contributed by atoms with van der Waals surface area (Å²) in [5.74, 6) is -1.28. The smallest absolute Gasteiger partial charge is 0.337 e. The molecule has 0 atom stereocenters. The Morgan fingerprint density at radius 1 is 1.42 bits per heavy atom. The number of nitrogens with zero attached hydrogens (tertiary/aromatic N) is 3. The average Bonchev–Trinajstić information content (AvgIpc) is 2.79. The normalized spacial score (nSPS) is 10.6. The summed E-state index contributed by atoms with van der Waals surface area (Å²) in [4.78, 5) is 22.8. The molecule has 1 amide bonds. The summed E-state index contributed by atoms with van der Waals surface area (Å²) >= 11 is 0. The molecule has 19 heavy (non-hydrogen) atoms. The van der Waals surface area contributed by atoms with Gasteiger partial charge in [0.05, 0.1) is 5.56 Å². The van der Waals surface area contributed by atoms with Gasteiger partial charge < -0.3 is 10.4 Å². The first-order valence-electron chi connectivity index (χ1n) is 5.95. The number of carbonyl (C=O) groups excluding carboxylic acids is 1. The van der Waals surface area contributed by atoms with Crippen molar-refractivity contribution in [2.75, 3.05) is 6.54 Å². The SMILES string of the molecule is CCCNC(=O)Cn1nnc2cccc(C(=O)O)c21. The summed E-state index contributed by atoms with van der Waals surface area (Å²) in [7, 11) is 0. The van der Waals surface area contributed by atoms with Crippen LogP contribution in [0.2, 0.25) is 0 Å². The van der Waals surface area contributed by atoms with Gasteiger partial charge in [-0.1, -0.05) is 18.2 Å². The third-order valence-corrected chi connectivity index (χ3v) is 2.63. The van der Waals surface area contributed by atoms with E-state index in [2.05, 4.69) is 15.6 Å². The lowest BCUT2D eigenvalue weighted by molar-refractivity contribution is -0.121. The Balaban J connectivity index is 2.33. The van der Waals surface area contributed by atoms with E-state index in [1.54, 1.807) is 12.1 Å². The molecule has 0 aliphatic carbocycles. The maximum atomic E-state index is 11.6. The second-order valence-electron chi connectivity index (χ2n) is 4.08. The Morgan fingerprint density at radius 2 is 2.21 bits per heavy atom. The van der Waals surface area contributed by atoms with Crippen molar-refractivity contribution in [2.45, 2.75) is 19.9 Å². The zero-order valence-electron chi connectivity index (χ0n) is 10.5. The lowest BCUT2D eigenvalue weighted by Gasteiger charge is -2.05. The number of aromatic nitrogens is 3. The van der Waals surface area contributed by atoms with Crippen LogP contribution in [0.1, 0.15) is 23.7 Å². The molecule has 0 spiro atoms. The summed E-state index contributed by atoms with van der Waals surface area (Å²) < 4.78 is 1.31. The van der Waals surface area contributed by atoms with Crippen LogP contribution in [0.15, 0.2) is 18.2 Å². The Labute approximate surface area is 109 Å². The predicted molar refractivity (Wildman–Crippen MR) is 67.8 cm³/mol. The molecule has 1 heterocycles. The molecule has 7 heteroatoms. The number of amides is 1. The van der Waals surface area contributed by atoms with Crippen molar-refractivity contribution in [3.05, 3.63) is 23.8 Å². The van der Waals surface area contributed by atoms with Crippen LogP contribution in [0.3, 0.4) is 0 Å². The highest BCUT2D eigenvalue weighted by atomic mass is 16.4. The van der Waals surface area contributed by atoms with Crippen molar-refractivity contribution >= 4 is 22.9 Å². The summed E-state index contributed by atoms with van der Waals surface area (Å²) in [6.45, 7) is 2.49. The van der Waals surface area contributed by atoms with E-state index in [1.165, 1.54) is 10.7 Å². The van der Waals surface area contributed by atoms with Gasteiger partial charge in [-0.2, -0.15) is 0 Å². The van der Waals surface area contributed by atoms with Crippen LogP contribution in [0.5, 0.6) is 0 Å². The van der Waals surface area contributed by atoms with Gasteiger partial charge in [-0.3, -0.25) is 4.79 Å². The molecule has 0 saturated carbocycles. The van der Waals surface area contributed by atoms with Gasteiger partial charge in [-0.25, -0.2) is 9.48 Å². The Kier molecular flexibility index (Phi) is 3.74. The van der Waals surface area contributed by atoms with Crippen LogP contribution in [-0.4, -0.2) is 38.5 Å². The fourth-order valence-electron chi connectivity index (χ4n) is 1.77. The molecule has 0 unspecified atom stereocenters. The van der Waals surface area contributed by atoms with Crippen LogP contribution >= 0.6 is 0 Å². The third-order valence-electron chi connectivity index (χ3n) is 2.63. The number of carboxylic acids is 1. The molecule has 2 rings (SSSR count). The van der Waals surface area contributed by atoms with Crippen molar-refractivity contribution in [2.24, 2.45) is 0 Å². The van der Waals surface area contributed by atoms with E-state index in [4.69, 9.17) is 5.11 Å². The predicted octanol–water partition coefficient (Wildman–Crippen LogP) is 0.656. The van der Waals surface area contributed by atoms with Gasteiger partial charge in [0.15, 0.2) is 0 Å². The van der Waals surface area contributed by atoms with Gasteiger partial charge in [-0.05, 0) is 18.6 Å². The Morgan fingerprint density at radius 3 is 2.89 bits per heavy atom. The Hall–Kier alpha value is -2.44. The average molecular weight is 262 g/mol. The van der Waals surface area contributed by atoms with Gasteiger partial charge >= 0.3 is 5.97 Å². The number of carbonyl (C=O) groups is 2. The molecule has 0 bridgehead atoms. The highest BCUT2D eigenvalue weighted by Gasteiger charge is 2.15. The van der Waals surface area contributed by atoms with E-state index >= 15 is 0 Å². The minimum atomic E-state index is -1.07. The van der Waals surface area contributed by atoms with Crippen LogP contribution in [0.4, 0.5) is 0 Å². The molecule has 0 radical (unpaired) electrons. The quantitative estimate of drug-likeness (QED) is 0.824. The first-order valence-corrected chi connectivity index (χ1v) is 5.95. The lowest BCUT2D eigenvalue weighted by atomic mass is 10.2. The zero-order valence-corrected chi connectivity index (χ0v) is 10.5. The van der Waals surface area contributed by atoms with Gasteiger partial charge in [0.25, 0.3) is 0 Å². The second-order valence-corrected chi connectivity index (χ2v) is 4.08. The topological polar surface area (TPSA) is 97.1 Å². The molecule has 1 aromatic heterocycles. The first-order chi connectivity index (χ1) is 9.13. The number of hydrogen-bond donors (Lipinski definition) is 2. The van der Waals surface area contributed by atoms with E-state index < -0.39 is 5.97 Å². The standard InChI is InChI=1S/C12H14N4O3/c1-2-6-13-10(17)7-16-11-8(12(18)19)4-3-5-9(11)14-15-16/h3-5H,2,6-7H2,1H3,(H,13,17)(H,18,19). The number of aromatic carboxylic acids is 1. The minimum Gasteiger partial charge on any atom is -0.478 e. The molecule has 1 aromatic carbocycles. The van der Waals surface area contributed by atoms with E-state index in [-0.39, 0.29) is 18.0 Å². The molecular formula is C12H14N4O3. The van der Waals surface area contributed by atoms with Crippen molar-refractivity contribution < 1.29 is 14.7 Å². The molecule has 7 nitrogen and oxygen atoms in total. The first kappa shape index (κ1) is 13.0. The number of rotatable bonds is 5. The molecule has 0 fully saturated rings. The molecule has 2 N–H and O–H groups in total. The van der Waals surface area contributed by atoms with Gasteiger partial charge in [-0.15, -0.1) is 5.10 Å². The number of para-hydroxylation sites is 1. The molecule has 2 aromatic rings. The summed E-state index contributed by atoms with van der Waals surface area (Å²) in [6, 6.07) is 4.73. The summed E-state index contributed by atoms with van der Waals surface area (Å²) in [5.41, 5.74) is 0.913. The van der Waals surface area contributed by atoms with E-state index in [0.29, 0.717) is 17.6 Å². The number of carboxylic acid groups (broad SMARTS) is 1. The maximum absolute atomic E-state index is 11.6. The van der Waals surface area contributed by atoms with Gasteiger partial charge in [0, 0.05) is 6.54 Å². The van der Waals surface area contributed by atoms with Crippen LogP contribution in [0.25, 0.3) is 11.0 Å². The molecule has 0 aliphatic rings. The lowest BCUT2D eigenvalue weighted by Crippen LogP contribution is -2.28. The third kappa shape index (κ3) is 2.70. The van der Waals surface area contributed by atoms with Gasteiger partial charge in [0.1, 0.15) is 17.6 Å². The fraction of sp³-hybridized carbons (Fsp3) is 0.333. The summed E-state index contributed by atoms with van der Waals surface area (Å²) in [6.07, 6.45) is 0.838.